The molecule has 0 radical (unpaired) electrons. The molecule has 3 rings (SSSR count). The molecular formula is C22H33N5O3. The number of hydrogen-bond acceptors (Lipinski definition) is 5. The molecule has 30 heavy (non-hydrogen) atoms. The summed E-state index contributed by atoms with van der Waals surface area (Å²) in [5.41, 5.74) is 1.34. The average Bonchev–Trinajstić information content (AvgIpc) is 2.99. The summed E-state index contributed by atoms with van der Waals surface area (Å²) in [7, 11) is 2.14. The van der Waals surface area contributed by atoms with Gasteiger partial charge < -0.3 is 15.5 Å². The van der Waals surface area contributed by atoms with Crippen molar-refractivity contribution >= 4 is 17.8 Å². The number of benzene rings is 1. The normalized spacial score (nSPS) is 19.8. The van der Waals surface area contributed by atoms with E-state index in [1.807, 2.05) is 26.0 Å². The summed E-state index contributed by atoms with van der Waals surface area (Å²) in [4.78, 5) is 43.0. The van der Waals surface area contributed by atoms with Crippen molar-refractivity contribution in [2.24, 2.45) is 0 Å². The van der Waals surface area contributed by atoms with Crippen LogP contribution in [0.4, 0.5) is 4.79 Å². The van der Waals surface area contributed by atoms with Gasteiger partial charge in [-0.15, -0.1) is 0 Å². The maximum atomic E-state index is 12.6. The van der Waals surface area contributed by atoms with Crippen LogP contribution in [0, 0.1) is 0 Å². The van der Waals surface area contributed by atoms with E-state index in [1.54, 1.807) is 0 Å². The van der Waals surface area contributed by atoms with Gasteiger partial charge in [-0.2, -0.15) is 0 Å². The summed E-state index contributed by atoms with van der Waals surface area (Å²) in [5, 5.41) is 5.58. The molecule has 2 saturated heterocycles. The van der Waals surface area contributed by atoms with Crippen molar-refractivity contribution in [3.05, 3.63) is 35.4 Å². The van der Waals surface area contributed by atoms with Gasteiger partial charge in [-0.3, -0.25) is 19.4 Å². The smallest absolute Gasteiger partial charge is 0.325 e. The van der Waals surface area contributed by atoms with Gasteiger partial charge in [0.1, 0.15) is 12.1 Å². The van der Waals surface area contributed by atoms with Crippen LogP contribution < -0.4 is 10.6 Å². The molecule has 8 heteroatoms. The Labute approximate surface area is 178 Å². The van der Waals surface area contributed by atoms with Crippen LogP contribution >= 0.6 is 0 Å². The van der Waals surface area contributed by atoms with Gasteiger partial charge in [0.15, 0.2) is 0 Å². The Kier molecular flexibility index (Phi) is 7.10. The van der Waals surface area contributed by atoms with E-state index < -0.39 is 11.6 Å². The SMILES string of the molecule is CCC1(CC)NC(=O)N(CC(=O)NCc2cccc(CN3CCN(C)CC3)c2)C1=O. The lowest BCUT2D eigenvalue weighted by Gasteiger charge is -2.32. The van der Waals surface area contributed by atoms with Gasteiger partial charge in [-0.25, -0.2) is 4.79 Å². The number of urea groups is 1. The molecule has 4 amide bonds. The highest BCUT2D eigenvalue weighted by Gasteiger charge is 2.49. The minimum atomic E-state index is -0.880. The molecule has 1 aromatic rings. The molecule has 0 aromatic heterocycles. The van der Waals surface area contributed by atoms with Crippen LogP contribution in [0.15, 0.2) is 24.3 Å². The van der Waals surface area contributed by atoms with Crippen LogP contribution in [0.1, 0.15) is 37.8 Å². The number of imide groups is 1. The number of likely N-dealkylation sites (N-methyl/N-ethyl adjacent to an activating group) is 1. The fourth-order valence-corrected chi connectivity index (χ4v) is 4.05. The van der Waals surface area contributed by atoms with E-state index in [-0.39, 0.29) is 18.4 Å². The highest BCUT2D eigenvalue weighted by Crippen LogP contribution is 2.24. The molecule has 2 aliphatic heterocycles. The maximum Gasteiger partial charge on any atom is 0.325 e. The molecule has 2 fully saturated rings. The Morgan fingerprint density at radius 2 is 1.77 bits per heavy atom. The molecule has 0 bridgehead atoms. The number of nitrogens with zero attached hydrogens (tertiary/aromatic N) is 3. The fourth-order valence-electron chi connectivity index (χ4n) is 4.05. The first kappa shape index (κ1) is 22.2. The van der Waals surface area contributed by atoms with Crippen molar-refractivity contribution in [3.8, 4) is 0 Å². The van der Waals surface area contributed by atoms with E-state index in [0.717, 1.165) is 43.2 Å². The van der Waals surface area contributed by atoms with E-state index in [9.17, 15) is 14.4 Å². The summed E-state index contributed by atoms with van der Waals surface area (Å²) in [5.74, 6) is -0.659. The number of hydrogen-bond donors (Lipinski definition) is 2. The van der Waals surface area contributed by atoms with Crippen molar-refractivity contribution in [1.82, 2.24) is 25.3 Å². The van der Waals surface area contributed by atoms with Crippen LogP contribution in [-0.4, -0.2) is 77.9 Å². The lowest BCUT2D eigenvalue weighted by Crippen LogP contribution is -2.46. The first-order valence-electron chi connectivity index (χ1n) is 10.8. The molecule has 0 unspecified atom stereocenters. The van der Waals surface area contributed by atoms with Crippen LogP contribution in [0.5, 0.6) is 0 Å². The van der Waals surface area contributed by atoms with Crippen molar-refractivity contribution < 1.29 is 14.4 Å². The number of piperazine rings is 1. The first-order chi connectivity index (χ1) is 14.4. The topological polar surface area (TPSA) is 85.0 Å². The Bertz CT molecular complexity index is 785. The van der Waals surface area contributed by atoms with Crippen LogP contribution in [0.2, 0.25) is 0 Å². The standard InChI is InChI=1S/C22H33N5O3/c1-4-22(5-2)20(29)27(21(30)24-22)16-19(28)23-14-17-7-6-8-18(13-17)15-26-11-9-25(3)10-12-26/h6-8,13H,4-5,9-12,14-16H2,1-3H3,(H,23,28)(H,24,30). The fraction of sp³-hybridized carbons (Fsp3) is 0.591. The van der Waals surface area contributed by atoms with E-state index in [0.29, 0.717) is 19.4 Å². The van der Waals surface area contributed by atoms with Gasteiger partial charge in [-0.1, -0.05) is 38.1 Å². The molecule has 0 spiro atoms. The second-order valence-corrected chi connectivity index (χ2v) is 8.29. The van der Waals surface area contributed by atoms with Crippen LogP contribution in [-0.2, 0) is 22.7 Å². The van der Waals surface area contributed by atoms with Crippen LogP contribution in [0.3, 0.4) is 0 Å². The summed E-state index contributed by atoms with van der Waals surface area (Å²) >= 11 is 0. The van der Waals surface area contributed by atoms with Gasteiger partial charge in [0.2, 0.25) is 5.91 Å². The largest absolute Gasteiger partial charge is 0.350 e. The third-order valence-electron chi connectivity index (χ3n) is 6.24. The van der Waals surface area contributed by atoms with Crippen molar-refractivity contribution in [1.29, 1.82) is 0 Å². The maximum absolute atomic E-state index is 12.6. The van der Waals surface area contributed by atoms with Gasteiger partial charge in [0.05, 0.1) is 0 Å². The summed E-state index contributed by atoms with van der Waals surface area (Å²) in [6.45, 7) is 9.00. The Balaban J connectivity index is 1.51. The summed E-state index contributed by atoms with van der Waals surface area (Å²) in [6.07, 6.45) is 1.01. The van der Waals surface area contributed by atoms with E-state index in [4.69, 9.17) is 0 Å². The zero-order valence-corrected chi connectivity index (χ0v) is 18.2. The number of carbonyl (C=O) groups excluding carboxylic acids is 3. The predicted octanol–water partition coefficient (Wildman–Crippen LogP) is 1.16. The van der Waals surface area contributed by atoms with Crippen molar-refractivity contribution in [2.45, 2.75) is 45.3 Å². The highest BCUT2D eigenvalue weighted by atomic mass is 16.2. The summed E-state index contributed by atoms with van der Waals surface area (Å²) in [6, 6.07) is 7.69. The molecule has 0 saturated carbocycles. The number of amides is 4. The third-order valence-corrected chi connectivity index (χ3v) is 6.24. The molecular weight excluding hydrogens is 382 g/mol. The zero-order chi connectivity index (χ0) is 21.7. The molecule has 1 aromatic carbocycles. The van der Waals surface area contributed by atoms with Gasteiger partial charge in [-0.05, 0) is 31.0 Å². The van der Waals surface area contributed by atoms with Crippen LogP contribution in [0.25, 0.3) is 0 Å². The molecule has 8 nitrogen and oxygen atoms in total. The highest BCUT2D eigenvalue weighted by molar-refractivity contribution is 6.08. The Morgan fingerprint density at radius 1 is 1.10 bits per heavy atom. The summed E-state index contributed by atoms with van der Waals surface area (Å²) < 4.78 is 0. The molecule has 0 aliphatic carbocycles. The molecule has 2 heterocycles. The number of rotatable bonds is 8. The second-order valence-electron chi connectivity index (χ2n) is 8.29. The van der Waals surface area contributed by atoms with E-state index in [1.165, 1.54) is 5.56 Å². The first-order valence-corrected chi connectivity index (χ1v) is 10.8. The van der Waals surface area contributed by atoms with Gasteiger partial charge in [0.25, 0.3) is 5.91 Å². The van der Waals surface area contributed by atoms with E-state index in [2.05, 4.69) is 39.6 Å². The zero-order valence-electron chi connectivity index (χ0n) is 18.2. The molecule has 2 N–H and O–H groups in total. The lowest BCUT2D eigenvalue weighted by atomic mass is 9.93. The molecule has 2 aliphatic rings. The quantitative estimate of drug-likeness (QED) is 0.623. The second kappa shape index (κ2) is 9.57. The third kappa shape index (κ3) is 4.99. The van der Waals surface area contributed by atoms with Crippen molar-refractivity contribution in [2.75, 3.05) is 39.8 Å². The lowest BCUT2D eigenvalue weighted by molar-refractivity contribution is -0.135. The number of carbonyl (C=O) groups is 3. The van der Waals surface area contributed by atoms with E-state index >= 15 is 0 Å². The average molecular weight is 416 g/mol. The van der Waals surface area contributed by atoms with Gasteiger partial charge in [0, 0.05) is 39.3 Å². The minimum Gasteiger partial charge on any atom is -0.350 e. The van der Waals surface area contributed by atoms with Gasteiger partial charge >= 0.3 is 6.03 Å². The van der Waals surface area contributed by atoms with Crippen molar-refractivity contribution in [3.63, 3.8) is 0 Å². The minimum absolute atomic E-state index is 0.257. The molecule has 164 valence electrons. The number of nitrogens with one attached hydrogen (secondary N) is 2. The molecule has 0 atom stereocenters. The predicted molar refractivity (Wildman–Crippen MR) is 115 cm³/mol. The Hall–Kier alpha value is -2.45. The Morgan fingerprint density at radius 3 is 2.40 bits per heavy atom. The monoisotopic (exact) mass is 415 g/mol.